The Labute approximate surface area is 103 Å². The van der Waals surface area contributed by atoms with E-state index < -0.39 is 5.41 Å². The van der Waals surface area contributed by atoms with E-state index in [1.807, 2.05) is 13.8 Å². The molecule has 0 aliphatic heterocycles. The molecule has 2 unspecified atom stereocenters. The van der Waals surface area contributed by atoms with Crippen molar-refractivity contribution in [1.82, 2.24) is 4.90 Å². The molecule has 16 heavy (non-hydrogen) atoms. The third-order valence-corrected chi connectivity index (χ3v) is 3.79. The number of nitriles is 1. The third-order valence-electron chi connectivity index (χ3n) is 3.15. The highest BCUT2D eigenvalue weighted by molar-refractivity contribution is 7.98. The average Bonchev–Trinajstić information content (AvgIpc) is 2.32. The fourth-order valence-electron chi connectivity index (χ4n) is 1.35. The summed E-state index contributed by atoms with van der Waals surface area (Å²) in [4.78, 5) is 13.8. The molecule has 0 aromatic heterocycles. The van der Waals surface area contributed by atoms with Crippen LogP contribution in [0.25, 0.3) is 0 Å². The SMILES string of the molecule is CCC(C)(C#N)C(=O)N(C)C(C)CCSC. The van der Waals surface area contributed by atoms with E-state index in [0.29, 0.717) is 6.42 Å². The Morgan fingerprint density at radius 2 is 2.19 bits per heavy atom. The molecule has 0 saturated carbocycles. The van der Waals surface area contributed by atoms with Crippen LogP contribution in [0.5, 0.6) is 0 Å². The number of hydrogen-bond donors (Lipinski definition) is 0. The van der Waals surface area contributed by atoms with Gasteiger partial charge in [-0.05, 0) is 38.7 Å². The van der Waals surface area contributed by atoms with E-state index in [1.54, 1.807) is 30.6 Å². The molecule has 0 saturated heterocycles. The number of carbonyl (C=O) groups is 1. The summed E-state index contributed by atoms with van der Waals surface area (Å²) in [7, 11) is 1.79. The van der Waals surface area contributed by atoms with Crippen LogP contribution in [0.15, 0.2) is 0 Å². The standard InChI is InChI=1S/C12H22N2OS/c1-6-12(3,9-13)11(15)14(4)10(2)7-8-16-5/h10H,6-8H2,1-5H3. The summed E-state index contributed by atoms with van der Waals surface area (Å²) in [6.07, 6.45) is 3.58. The van der Waals surface area contributed by atoms with Gasteiger partial charge in [0.05, 0.1) is 6.07 Å². The average molecular weight is 242 g/mol. The highest BCUT2D eigenvalue weighted by Gasteiger charge is 2.35. The minimum Gasteiger partial charge on any atom is -0.342 e. The molecule has 3 nitrogen and oxygen atoms in total. The number of hydrogen-bond acceptors (Lipinski definition) is 3. The monoisotopic (exact) mass is 242 g/mol. The Hall–Kier alpha value is -0.690. The van der Waals surface area contributed by atoms with E-state index in [4.69, 9.17) is 5.26 Å². The van der Waals surface area contributed by atoms with Crippen LogP contribution in [0.4, 0.5) is 0 Å². The van der Waals surface area contributed by atoms with Gasteiger partial charge in [-0.2, -0.15) is 17.0 Å². The molecule has 0 spiro atoms. The predicted octanol–water partition coefficient (Wildman–Crippen LogP) is 2.53. The lowest BCUT2D eigenvalue weighted by atomic mass is 9.87. The highest BCUT2D eigenvalue weighted by atomic mass is 32.2. The van der Waals surface area contributed by atoms with Crippen molar-refractivity contribution in [3.05, 3.63) is 0 Å². The molecule has 0 fully saturated rings. The van der Waals surface area contributed by atoms with Crippen LogP contribution in [0, 0.1) is 16.7 Å². The van der Waals surface area contributed by atoms with Gasteiger partial charge in [-0.3, -0.25) is 4.79 Å². The molecule has 0 rings (SSSR count). The summed E-state index contributed by atoms with van der Waals surface area (Å²) in [5.74, 6) is 0.972. The number of amides is 1. The lowest BCUT2D eigenvalue weighted by Crippen LogP contribution is -2.43. The molecule has 2 atom stereocenters. The Kier molecular flexibility index (Phi) is 6.51. The van der Waals surface area contributed by atoms with E-state index in [9.17, 15) is 4.79 Å². The third kappa shape index (κ3) is 3.71. The van der Waals surface area contributed by atoms with Gasteiger partial charge in [0.1, 0.15) is 5.41 Å². The van der Waals surface area contributed by atoms with Crippen molar-refractivity contribution in [2.45, 2.75) is 39.7 Å². The summed E-state index contributed by atoms with van der Waals surface area (Å²) in [6.45, 7) is 5.62. The predicted molar refractivity (Wildman–Crippen MR) is 69.2 cm³/mol. The van der Waals surface area contributed by atoms with Crippen molar-refractivity contribution in [2.24, 2.45) is 5.41 Å². The maximum absolute atomic E-state index is 12.1. The van der Waals surface area contributed by atoms with E-state index in [0.717, 1.165) is 12.2 Å². The minimum atomic E-state index is -0.873. The minimum absolute atomic E-state index is 0.0638. The van der Waals surface area contributed by atoms with Gasteiger partial charge in [0.2, 0.25) is 5.91 Å². The maximum atomic E-state index is 12.1. The second kappa shape index (κ2) is 6.80. The van der Waals surface area contributed by atoms with Gasteiger partial charge >= 0.3 is 0 Å². The van der Waals surface area contributed by atoms with E-state index in [-0.39, 0.29) is 11.9 Å². The Morgan fingerprint density at radius 1 is 1.62 bits per heavy atom. The molecule has 92 valence electrons. The van der Waals surface area contributed by atoms with Crippen molar-refractivity contribution < 1.29 is 4.79 Å². The number of rotatable bonds is 6. The molecular formula is C12H22N2OS. The van der Waals surface area contributed by atoms with E-state index in [2.05, 4.69) is 12.3 Å². The van der Waals surface area contributed by atoms with Gasteiger partial charge in [-0.25, -0.2) is 0 Å². The van der Waals surface area contributed by atoms with Gasteiger partial charge in [0.25, 0.3) is 0 Å². The number of nitrogens with zero attached hydrogens (tertiary/aromatic N) is 2. The Morgan fingerprint density at radius 3 is 2.56 bits per heavy atom. The largest absolute Gasteiger partial charge is 0.342 e. The topological polar surface area (TPSA) is 44.1 Å². The van der Waals surface area contributed by atoms with Gasteiger partial charge in [-0.15, -0.1) is 0 Å². The van der Waals surface area contributed by atoms with E-state index >= 15 is 0 Å². The summed E-state index contributed by atoms with van der Waals surface area (Å²) < 4.78 is 0. The molecule has 0 aliphatic rings. The second-order valence-electron chi connectivity index (χ2n) is 4.34. The fraction of sp³-hybridized carbons (Fsp3) is 0.833. The molecule has 0 aliphatic carbocycles. The lowest BCUT2D eigenvalue weighted by molar-refractivity contribution is -0.139. The molecule has 0 aromatic carbocycles. The van der Waals surface area contributed by atoms with Crippen LogP contribution in [-0.2, 0) is 4.79 Å². The van der Waals surface area contributed by atoms with Gasteiger partial charge < -0.3 is 4.90 Å². The van der Waals surface area contributed by atoms with Crippen LogP contribution >= 0.6 is 11.8 Å². The molecule has 4 heteroatoms. The zero-order valence-corrected chi connectivity index (χ0v) is 11.7. The fourth-order valence-corrected chi connectivity index (χ4v) is 1.93. The molecule has 0 aromatic rings. The van der Waals surface area contributed by atoms with Gasteiger partial charge in [0.15, 0.2) is 0 Å². The first-order valence-electron chi connectivity index (χ1n) is 5.60. The molecule has 0 heterocycles. The molecule has 0 radical (unpaired) electrons. The van der Waals surface area contributed by atoms with Crippen LogP contribution in [-0.4, -0.2) is 35.9 Å². The lowest BCUT2D eigenvalue weighted by Gasteiger charge is -2.30. The van der Waals surface area contributed by atoms with Crippen molar-refractivity contribution in [2.75, 3.05) is 19.1 Å². The van der Waals surface area contributed by atoms with Crippen LogP contribution in [0.3, 0.4) is 0 Å². The molecule has 0 bridgehead atoms. The van der Waals surface area contributed by atoms with Crippen LogP contribution in [0.2, 0.25) is 0 Å². The highest BCUT2D eigenvalue weighted by Crippen LogP contribution is 2.24. The zero-order valence-electron chi connectivity index (χ0n) is 10.9. The normalized spacial score (nSPS) is 16.0. The van der Waals surface area contributed by atoms with Crippen molar-refractivity contribution in [3.63, 3.8) is 0 Å². The quantitative estimate of drug-likeness (QED) is 0.719. The van der Waals surface area contributed by atoms with Crippen LogP contribution < -0.4 is 0 Å². The van der Waals surface area contributed by atoms with Crippen molar-refractivity contribution in [1.29, 1.82) is 5.26 Å². The maximum Gasteiger partial charge on any atom is 0.242 e. The number of thioether (sulfide) groups is 1. The zero-order chi connectivity index (χ0) is 12.8. The second-order valence-corrected chi connectivity index (χ2v) is 5.33. The molecular weight excluding hydrogens is 220 g/mol. The van der Waals surface area contributed by atoms with Gasteiger partial charge in [0, 0.05) is 13.1 Å². The Bertz CT molecular complexity index is 275. The first kappa shape index (κ1) is 15.3. The first-order valence-corrected chi connectivity index (χ1v) is 6.99. The summed E-state index contributed by atoms with van der Waals surface area (Å²) in [5, 5.41) is 9.06. The number of carbonyl (C=O) groups excluding carboxylic acids is 1. The summed E-state index contributed by atoms with van der Waals surface area (Å²) in [6, 6.07) is 2.32. The Balaban J connectivity index is 4.55. The summed E-state index contributed by atoms with van der Waals surface area (Å²) in [5.41, 5.74) is -0.873. The smallest absolute Gasteiger partial charge is 0.242 e. The van der Waals surface area contributed by atoms with Crippen molar-refractivity contribution in [3.8, 4) is 6.07 Å². The summed E-state index contributed by atoms with van der Waals surface area (Å²) >= 11 is 1.78. The van der Waals surface area contributed by atoms with Gasteiger partial charge in [-0.1, -0.05) is 6.92 Å². The molecule has 1 amide bonds. The first-order chi connectivity index (χ1) is 7.42. The van der Waals surface area contributed by atoms with E-state index in [1.165, 1.54) is 0 Å². The van der Waals surface area contributed by atoms with Crippen LogP contribution in [0.1, 0.15) is 33.6 Å². The van der Waals surface area contributed by atoms with Crippen molar-refractivity contribution >= 4 is 17.7 Å². The molecule has 0 N–H and O–H groups in total.